The van der Waals surface area contributed by atoms with Gasteiger partial charge in [0.25, 0.3) is 0 Å². The highest BCUT2D eigenvalue weighted by molar-refractivity contribution is 9.10. The Kier molecular flexibility index (Phi) is 5.74. The first kappa shape index (κ1) is 17.9. The van der Waals surface area contributed by atoms with Crippen molar-refractivity contribution in [2.45, 2.75) is 38.3 Å². The Bertz CT molecular complexity index is 563. The summed E-state index contributed by atoms with van der Waals surface area (Å²) in [4.78, 5) is 11.9. The van der Waals surface area contributed by atoms with Crippen LogP contribution in [-0.4, -0.2) is 31.1 Å². The van der Waals surface area contributed by atoms with E-state index in [0.29, 0.717) is 12.3 Å². The van der Waals surface area contributed by atoms with E-state index in [0.717, 1.165) is 25.0 Å². The molecule has 2 atom stereocenters. The second-order valence-electron chi connectivity index (χ2n) is 5.13. The van der Waals surface area contributed by atoms with Crippen molar-refractivity contribution < 1.29 is 27.4 Å². The van der Waals surface area contributed by atoms with E-state index in [1.165, 1.54) is 6.07 Å². The number of alkyl halides is 3. The van der Waals surface area contributed by atoms with Crippen LogP contribution in [0.5, 0.6) is 5.75 Å². The molecule has 0 aromatic heterocycles. The van der Waals surface area contributed by atoms with Crippen LogP contribution in [0.3, 0.4) is 0 Å². The van der Waals surface area contributed by atoms with Crippen LogP contribution in [0, 0.1) is 0 Å². The zero-order valence-corrected chi connectivity index (χ0v) is 13.8. The smallest absolute Gasteiger partial charge is 0.406 e. The number of rotatable bonds is 4. The summed E-state index contributed by atoms with van der Waals surface area (Å²) in [6.45, 7) is 2.52. The molecule has 0 aliphatic carbocycles. The Balaban J connectivity index is 1.92. The number of halogens is 4. The molecule has 1 aromatic carbocycles. The van der Waals surface area contributed by atoms with Gasteiger partial charge in [0.05, 0.1) is 17.8 Å². The molecule has 0 bridgehead atoms. The number of hydrogen-bond acceptors (Lipinski definition) is 3. The van der Waals surface area contributed by atoms with Crippen molar-refractivity contribution in [3.63, 3.8) is 0 Å². The first-order chi connectivity index (χ1) is 10.7. The summed E-state index contributed by atoms with van der Waals surface area (Å²) < 4.78 is 46.0. The minimum absolute atomic E-state index is 0.0215. The molecule has 1 aromatic rings. The molecule has 0 radical (unpaired) electrons. The average molecular weight is 397 g/mol. The van der Waals surface area contributed by atoms with Gasteiger partial charge in [-0.05, 0) is 53.9 Å². The number of hydrogen-bond donors (Lipinski definition) is 2. The largest absolute Gasteiger partial charge is 0.573 e. The SMILES string of the molecule is CC(NC(=O)Nc1ccc(OC(F)(F)F)cc1Br)C1CCCO1. The topological polar surface area (TPSA) is 59.6 Å². The maximum absolute atomic E-state index is 12.1. The van der Waals surface area contributed by atoms with Gasteiger partial charge in [0.15, 0.2) is 0 Å². The number of carbonyl (C=O) groups excluding carboxylic acids is 1. The van der Waals surface area contributed by atoms with E-state index in [2.05, 4.69) is 31.3 Å². The summed E-state index contributed by atoms with van der Waals surface area (Å²) in [6, 6.07) is 2.95. The minimum atomic E-state index is -4.76. The maximum atomic E-state index is 12.1. The fraction of sp³-hybridized carbons (Fsp3) is 0.500. The molecule has 2 amide bonds. The van der Waals surface area contributed by atoms with Crippen LogP contribution < -0.4 is 15.4 Å². The summed E-state index contributed by atoms with van der Waals surface area (Å²) in [7, 11) is 0. The fourth-order valence-electron chi connectivity index (χ4n) is 2.25. The minimum Gasteiger partial charge on any atom is -0.406 e. The Hall–Kier alpha value is -1.48. The predicted octanol–water partition coefficient (Wildman–Crippen LogP) is 4.04. The molecule has 2 rings (SSSR count). The Morgan fingerprint density at radius 3 is 2.78 bits per heavy atom. The van der Waals surface area contributed by atoms with Crippen LogP contribution >= 0.6 is 15.9 Å². The van der Waals surface area contributed by atoms with Gasteiger partial charge in [0.2, 0.25) is 0 Å². The van der Waals surface area contributed by atoms with E-state index in [1.807, 2.05) is 6.92 Å². The molecule has 1 aliphatic heterocycles. The van der Waals surface area contributed by atoms with E-state index >= 15 is 0 Å². The van der Waals surface area contributed by atoms with Crippen molar-refractivity contribution in [3.05, 3.63) is 22.7 Å². The Morgan fingerprint density at radius 1 is 1.48 bits per heavy atom. The first-order valence-electron chi connectivity index (χ1n) is 6.99. The molecule has 2 unspecified atom stereocenters. The third-order valence-electron chi connectivity index (χ3n) is 3.30. The highest BCUT2D eigenvalue weighted by atomic mass is 79.9. The molecule has 5 nitrogen and oxygen atoms in total. The number of benzene rings is 1. The molecule has 128 valence electrons. The van der Waals surface area contributed by atoms with Gasteiger partial charge in [-0.25, -0.2) is 4.79 Å². The van der Waals surface area contributed by atoms with Crippen molar-refractivity contribution in [1.29, 1.82) is 0 Å². The van der Waals surface area contributed by atoms with Gasteiger partial charge in [-0.1, -0.05) is 0 Å². The molecule has 1 aliphatic rings. The van der Waals surface area contributed by atoms with Crippen LogP contribution in [-0.2, 0) is 4.74 Å². The number of ether oxygens (including phenoxy) is 2. The van der Waals surface area contributed by atoms with Crippen molar-refractivity contribution in [3.8, 4) is 5.75 Å². The lowest BCUT2D eigenvalue weighted by atomic mass is 10.1. The van der Waals surface area contributed by atoms with Crippen LogP contribution in [0.4, 0.5) is 23.7 Å². The van der Waals surface area contributed by atoms with Gasteiger partial charge >= 0.3 is 12.4 Å². The van der Waals surface area contributed by atoms with Gasteiger partial charge < -0.3 is 20.1 Å². The van der Waals surface area contributed by atoms with E-state index in [1.54, 1.807) is 0 Å². The van der Waals surface area contributed by atoms with E-state index < -0.39 is 12.4 Å². The lowest BCUT2D eigenvalue weighted by Gasteiger charge is -2.20. The number of urea groups is 1. The van der Waals surface area contributed by atoms with Crippen molar-refractivity contribution in [1.82, 2.24) is 5.32 Å². The quantitative estimate of drug-likeness (QED) is 0.807. The highest BCUT2D eigenvalue weighted by Gasteiger charge is 2.31. The molecule has 0 saturated carbocycles. The van der Waals surface area contributed by atoms with Crippen LogP contribution in [0.2, 0.25) is 0 Å². The van der Waals surface area contributed by atoms with Crippen LogP contribution in [0.15, 0.2) is 22.7 Å². The molecule has 0 spiro atoms. The number of anilines is 1. The molecule has 1 fully saturated rings. The summed E-state index contributed by atoms with van der Waals surface area (Å²) >= 11 is 3.10. The maximum Gasteiger partial charge on any atom is 0.573 e. The van der Waals surface area contributed by atoms with Gasteiger partial charge in [-0.2, -0.15) is 0 Å². The summed E-state index contributed by atoms with van der Waals surface area (Å²) in [5.74, 6) is -0.372. The molecular formula is C14H16BrF3N2O3. The number of carbonyl (C=O) groups is 1. The highest BCUT2D eigenvalue weighted by Crippen LogP contribution is 2.30. The average Bonchev–Trinajstić information content (AvgIpc) is 2.94. The molecule has 2 N–H and O–H groups in total. The zero-order valence-electron chi connectivity index (χ0n) is 12.2. The van der Waals surface area contributed by atoms with Crippen LogP contribution in [0.25, 0.3) is 0 Å². The third kappa shape index (κ3) is 5.58. The van der Waals surface area contributed by atoms with Crippen molar-refractivity contribution >= 4 is 27.6 Å². The molecule has 1 saturated heterocycles. The Labute approximate surface area is 139 Å². The fourth-order valence-corrected chi connectivity index (χ4v) is 2.71. The van der Waals surface area contributed by atoms with E-state index in [9.17, 15) is 18.0 Å². The summed E-state index contributed by atoms with van der Waals surface area (Å²) in [5, 5.41) is 5.31. The van der Waals surface area contributed by atoms with E-state index in [-0.39, 0.29) is 22.4 Å². The second kappa shape index (κ2) is 7.39. The van der Waals surface area contributed by atoms with Gasteiger partial charge in [-0.3, -0.25) is 0 Å². The summed E-state index contributed by atoms with van der Waals surface area (Å²) in [6.07, 6.45) is -2.94. The van der Waals surface area contributed by atoms with Gasteiger partial charge in [0, 0.05) is 11.1 Å². The lowest BCUT2D eigenvalue weighted by Crippen LogP contribution is -2.43. The molecular weight excluding hydrogens is 381 g/mol. The monoisotopic (exact) mass is 396 g/mol. The lowest BCUT2D eigenvalue weighted by molar-refractivity contribution is -0.274. The van der Waals surface area contributed by atoms with Crippen molar-refractivity contribution in [2.75, 3.05) is 11.9 Å². The van der Waals surface area contributed by atoms with Crippen molar-refractivity contribution in [2.24, 2.45) is 0 Å². The predicted molar refractivity (Wildman–Crippen MR) is 81.4 cm³/mol. The number of amides is 2. The third-order valence-corrected chi connectivity index (χ3v) is 3.96. The zero-order chi connectivity index (χ0) is 17.0. The van der Waals surface area contributed by atoms with E-state index in [4.69, 9.17) is 4.74 Å². The number of nitrogens with one attached hydrogen (secondary N) is 2. The standard InChI is InChI=1S/C14H16BrF3N2O3/c1-8(12-3-2-6-22-12)19-13(21)20-11-5-4-9(7-10(11)15)23-14(16,17)18/h4-5,7-8,12H,2-3,6H2,1H3,(H2,19,20,21). The molecule has 23 heavy (non-hydrogen) atoms. The van der Waals surface area contributed by atoms with Gasteiger partial charge in [0.1, 0.15) is 5.75 Å². The normalized spacial score (nSPS) is 19.3. The first-order valence-corrected chi connectivity index (χ1v) is 7.78. The summed E-state index contributed by atoms with van der Waals surface area (Å²) in [5.41, 5.74) is 0.330. The molecule has 1 heterocycles. The van der Waals surface area contributed by atoms with Crippen LogP contribution in [0.1, 0.15) is 19.8 Å². The second-order valence-corrected chi connectivity index (χ2v) is 5.98. The Morgan fingerprint density at radius 2 is 2.22 bits per heavy atom. The molecule has 9 heteroatoms. The van der Waals surface area contributed by atoms with Gasteiger partial charge in [-0.15, -0.1) is 13.2 Å².